The number of rotatable bonds is 5. The van der Waals surface area contributed by atoms with Crippen LogP contribution in [0.5, 0.6) is 0 Å². The Bertz CT molecular complexity index is 489. The fraction of sp³-hybridized carbons (Fsp3) is 0.125. The van der Waals surface area contributed by atoms with Gasteiger partial charge in [0.1, 0.15) is 0 Å². The predicted molar refractivity (Wildman–Crippen MR) is 87.4 cm³/mol. The summed E-state index contributed by atoms with van der Waals surface area (Å²) in [7, 11) is 1.68. The molecule has 92 valence electrons. The summed E-state index contributed by atoms with van der Waals surface area (Å²) in [6.07, 6.45) is 1.18. The second-order valence-corrected chi connectivity index (χ2v) is 6.66. The van der Waals surface area contributed by atoms with Crippen LogP contribution in [0.3, 0.4) is 0 Å². The van der Waals surface area contributed by atoms with Crippen LogP contribution in [-0.2, 0) is 0 Å². The maximum absolute atomic E-state index is 2.38. The van der Waals surface area contributed by atoms with E-state index in [2.05, 4.69) is 73.4 Å². The Labute approximate surface area is 113 Å². The summed E-state index contributed by atoms with van der Waals surface area (Å²) in [5.41, 5.74) is 1.50. The molecule has 2 rings (SSSR count). The Hall–Kier alpha value is -0.960. The van der Waals surface area contributed by atoms with E-state index in [4.69, 9.17) is 0 Å². The first kappa shape index (κ1) is 13.5. The van der Waals surface area contributed by atoms with Crippen molar-refractivity contribution in [3.8, 4) is 0 Å². The van der Waals surface area contributed by atoms with Crippen molar-refractivity contribution in [3.05, 3.63) is 72.1 Å². The van der Waals surface area contributed by atoms with E-state index >= 15 is 0 Å². The molecule has 2 aromatic carbocycles. The summed E-state index contributed by atoms with van der Waals surface area (Å²) in [6, 6.07) is 21.4. The van der Waals surface area contributed by atoms with Gasteiger partial charge in [-0.15, -0.1) is 0 Å². The van der Waals surface area contributed by atoms with Gasteiger partial charge < -0.3 is 0 Å². The molecule has 0 aliphatic heterocycles. The van der Waals surface area contributed by atoms with Crippen LogP contribution in [-0.4, -0.2) is 6.16 Å². The third-order valence-corrected chi connectivity index (χ3v) is 5.38. The Morgan fingerprint density at radius 3 is 2.06 bits per heavy atom. The smallest absolute Gasteiger partial charge is 0.0101 e. The zero-order valence-corrected chi connectivity index (χ0v) is 12.6. The van der Waals surface area contributed by atoms with Crippen molar-refractivity contribution >= 4 is 27.8 Å². The van der Waals surface area contributed by atoms with E-state index in [0.29, 0.717) is 0 Å². The van der Waals surface area contributed by atoms with Gasteiger partial charge in [0.2, 0.25) is 0 Å². The molecule has 2 atom stereocenters. The number of allylic oxidation sites excluding steroid dienone is 1. The third-order valence-electron chi connectivity index (χ3n) is 2.60. The minimum Gasteiger partial charge on any atom is -0.0862 e. The predicted octanol–water partition coefficient (Wildman–Crippen LogP) is 3.90. The molecule has 0 nitrogen and oxygen atoms in total. The Kier molecular flexibility index (Phi) is 5.59. The maximum atomic E-state index is 2.38. The lowest BCUT2D eigenvalue weighted by molar-refractivity contribution is 1.43. The Balaban J connectivity index is 1.83. The number of hydrogen-bond acceptors (Lipinski definition) is 0. The first-order valence-electron chi connectivity index (χ1n) is 6.11. The molecule has 2 unspecified atom stereocenters. The van der Waals surface area contributed by atoms with Gasteiger partial charge in [0.25, 0.3) is 0 Å². The van der Waals surface area contributed by atoms with Crippen LogP contribution in [0.4, 0.5) is 0 Å². The van der Waals surface area contributed by atoms with E-state index < -0.39 is 0 Å². The van der Waals surface area contributed by atoms with E-state index in [-0.39, 0.29) is 0 Å². The van der Waals surface area contributed by atoms with Crippen molar-refractivity contribution in [1.82, 2.24) is 0 Å². The fourth-order valence-electron chi connectivity index (χ4n) is 1.59. The van der Waals surface area contributed by atoms with Gasteiger partial charge in [0.15, 0.2) is 0 Å². The standard InChI is InChI=1S/C16H18P2/c1-14(12-17-15-8-4-2-5-9-15)13-18-16-10-6-3-7-11-16/h2-12,17-18H,13H2,1H3/b14-12-. The van der Waals surface area contributed by atoms with Gasteiger partial charge in [-0.25, -0.2) is 0 Å². The summed E-state index contributed by atoms with van der Waals surface area (Å²) in [4.78, 5) is 0. The highest BCUT2D eigenvalue weighted by molar-refractivity contribution is 7.50. The topological polar surface area (TPSA) is 0 Å². The quantitative estimate of drug-likeness (QED) is 0.724. The molecule has 0 bridgehead atoms. The van der Waals surface area contributed by atoms with Crippen molar-refractivity contribution in [2.45, 2.75) is 6.92 Å². The average molecular weight is 272 g/mol. The first-order chi connectivity index (χ1) is 8.84. The summed E-state index contributed by atoms with van der Waals surface area (Å²) in [5.74, 6) is 2.38. The average Bonchev–Trinajstić information content (AvgIpc) is 2.45. The third kappa shape index (κ3) is 4.73. The van der Waals surface area contributed by atoms with Gasteiger partial charge >= 0.3 is 0 Å². The molecular formula is C16H18P2. The molecule has 0 saturated heterocycles. The van der Waals surface area contributed by atoms with Gasteiger partial charge in [-0.05, 0) is 23.7 Å². The van der Waals surface area contributed by atoms with E-state index in [0.717, 1.165) is 17.2 Å². The minimum atomic E-state index is 0.795. The van der Waals surface area contributed by atoms with E-state index in [1.165, 1.54) is 22.3 Å². The monoisotopic (exact) mass is 272 g/mol. The maximum Gasteiger partial charge on any atom is -0.0101 e. The van der Waals surface area contributed by atoms with Gasteiger partial charge in [-0.3, -0.25) is 0 Å². The highest BCUT2D eigenvalue weighted by Crippen LogP contribution is 2.20. The second kappa shape index (κ2) is 7.47. The van der Waals surface area contributed by atoms with E-state index in [9.17, 15) is 0 Å². The first-order valence-corrected chi connectivity index (χ1v) is 8.39. The molecule has 2 heteroatoms. The van der Waals surface area contributed by atoms with Crippen LogP contribution < -0.4 is 10.6 Å². The fourth-order valence-corrected chi connectivity index (χ4v) is 3.71. The molecule has 0 aromatic heterocycles. The Morgan fingerprint density at radius 1 is 0.889 bits per heavy atom. The molecule has 0 aliphatic rings. The van der Waals surface area contributed by atoms with Crippen LogP contribution >= 0.6 is 17.2 Å². The summed E-state index contributed by atoms with van der Waals surface area (Å²) < 4.78 is 0. The molecule has 0 N–H and O–H groups in total. The van der Waals surface area contributed by atoms with Crippen LogP contribution in [0.15, 0.2) is 72.1 Å². The summed E-state index contributed by atoms with van der Waals surface area (Å²) >= 11 is 0. The van der Waals surface area contributed by atoms with Crippen LogP contribution in [0.25, 0.3) is 0 Å². The molecule has 2 aromatic rings. The molecule has 0 amide bonds. The number of benzene rings is 2. The molecule has 0 radical (unpaired) electrons. The van der Waals surface area contributed by atoms with Crippen molar-refractivity contribution in [2.75, 3.05) is 6.16 Å². The second-order valence-electron chi connectivity index (χ2n) is 4.22. The molecule has 0 aliphatic carbocycles. The van der Waals surface area contributed by atoms with Gasteiger partial charge in [-0.1, -0.05) is 89.2 Å². The Morgan fingerprint density at radius 2 is 1.44 bits per heavy atom. The lowest BCUT2D eigenvalue weighted by Crippen LogP contribution is -1.94. The molecule has 0 heterocycles. The molecule has 0 saturated carbocycles. The van der Waals surface area contributed by atoms with E-state index in [1.54, 1.807) is 0 Å². The van der Waals surface area contributed by atoms with Crippen LogP contribution in [0.2, 0.25) is 0 Å². The van der Waals surface area contributed by atoms with Gasteiger partial charge in [-0.2, -0.15) is 0 Å². The summed E-state index contributed by atoms with van der Waals surface area (Å²) in [5, 5.41) is 2.87. The largest absolute Gasteiger partial charge is 0.0862 e. The van der Waals surface area contributed by atoms with Crippen molar-refractivity contribution in [3.63, 3.8) is 0 Å². The molecule has 0 fully saturated rings. The van der Waals surface area contributed by atoms with Gasteiger partial charge in [0, 0.05) is 0 Å². The van der Waals surface area contributed by atoms with Crippen LogP contribution in [0, 0.1) is 0 Å². The normalized spacial score (nSPS) is 12.8. The highest BCUT2D eigenvalue weighted by Gasteiger charge is 1.94. The molecule has 0 spiro atoms. The zero-order valence-electron chi connectivity index (χ0n) is 10.6. The molecular weight excluding hydrogens is 254 g/mol. The minimum absolute atomic E-state index is 0.795. The van der Waals surface area contributed by atoms with Gasteiger partial charge in [0.05, 0.1) is 0 Å². The summed E-state index contributed by atoms with van der Waals surface area (Å²) in [6.45, 7) is 2.24. The highest BCUT2D eigenvalue weighted by atomic mass is 31.1. The lowest BCUT2D eigenvalue weighted by Gasteiger charge is -2.03. The zero-order chi connectivity index (χ0) is 12.6. The van der Waals surface area contributed by atoms with Crippen LogP contribution in [0.1, 0.15) is 6.92 Å². The number of hydrogen-bond donors (Lipinski definition) is 0. The molecule has 18 heavy (non-hydrogen) atoms. The lowest BCUT2D eigenvalue weighted by atomic mass is 10.4. The van der Waals surface area contributed by atoms with Crippen molar-refractivity contribution < 1.29 is 0 Å². The van der Waals surface area contributed by atoms with Crippen molar-refractivity contribution in [1.29, 1.82) is 0 Å². The van der Waals surface area contributed by atoms with Crippen molar-refractivity contribution in [2.24, 2.45) is 0 Å². The SMILES string of the molecule is C/C(=C/Pc1ccccc1)CPc1ccccc1. The van der Waals surface area contributed by atoms with E-state index in [1.807, 2.05) is 0 Å².